The minimum absolute atomic E-state index is 0.0519. The highest BCUT2D eigenvalue weighted by molar-refractivity contribution is 7.09. The monoisotopic (exact) mass is 215 g/mol. The van der Waals surface area contributed by atoms with Crippen molar-refractivity contribution in [2.24, 2.45) is 0 Å². The number of aryl methyl sites for hydroxylation is 1. The Kier molecular flexibility index (Phi) is 3.97. The lowest BCUT2D eigenvalue weighted by Gasteiger charge is -2.05. The Balaban J connectivity index is 2.34. The third kappa shape index (κ3) is 3.80. The van der Waals surface area contributed by atoms with E-state index in [1.54, 1.807) is 6.92 Å². The van der Waals surface area contributed by atoms with Gasteiger partial charge in [0.25, 0.3) is 5.91 Å². The van der Waals surface area contributed by atoms with Gasteiger partial charge in [-0.05, 0) is 20.8 Å². The number of anilines is 1. The van der Waals surface area contributed by atoms with Crippen LogP contribution in [0.4, 0.5) is 5.13 Å². The standard InChI is InChI=1S/C8H13N3O2S/c1-5(2)13-4-7(12)10-8-9-6(3)11-14-8/h5H,4H2,1-3H3,(H,9,10,11,12). The summed E-state index contributed by atoms with van der Waals surface area (Å²) in [6, 6.07) is 0. The van der Waals surface area contributed by atoms with E-state index in [2.05, 4.69) is 14.7 Å². The summed E-state index contributed by atoms with van der Waals surface area (Å²) in [6.45, 7) is 5.58. The van der Waals surface area contributed by atoms with Gasteiger partial charge in [-0.2, -0.15) is 4.37 Å². The largest absolute Gasteiger partial charge is 0.369 e. The molecule has 5 nitrogen and oxygen atoms in total. The highest BCUT2D eigenvalue weighted by Crippen LogP contribution is 2.09. The highest BCUT2D eigenvalue weighted by atomic mass is 32.1. The molecule has 0 atom stereocenters. The molecule has 0 aliphatic carbocycles. The SMILES string of the molecule is Cc1nsc(NC(=O)COC(C)C)n1. The zero-order valence-electron chi connectivity index (χ0n) is 8.40. The van der Waals surface area contributed by atoms with Crippen LogP contribution >= 0.6 is 11.5 Å². The summed E-state index contributed by atoms with van der Waals surface area (Å²) in [5.41, 5.74) is 0. The fourth-order valence-corrected chi connectivity index (χ4v) is 1.34. The van der Waals surface area contributed by atoms with Crippen LogP contribution < -0.4 is 5.32 Å². The van der Waals surface area contributed by atoms with Crippen molar-refractivity contribution in [3.05, 3.63) is 5.82 Å². The molecule has 6 heteroatoms. The van der Waals surface area contributed by atoms with E-state index in [4.69, 9.17) is 4.74 Å². The van der Waals surface area contributed by atoms with Gasteiger partial charge in [0.2, 0.25) is 5.13 Å². The minimum Gasteiger partial charge on any atom is -0.369 e. The number of nitrogens with one attached hydrogen (secondary N) is 1. The third-order valence-corrected chi connectivity index (χ3v) is 2.04. The lowest BCUT2D eigenvalue weighted by Crippen LogP contribution is -2.20. The molecule has 1 aromatic rings. The van der Waals surface area contributed by atoms with Crippen molar-refractivity contribution in [3.63, 3.8) is 0 Å². The van der Waals surface area contributed by atoms with Gasteiger partial charge in [-0.15, -0.1) is 0 Å². The van der Waals surface area contributed by atoms with Crippen LogP contribution in [0.5, 0.6) is 0 Å². The maximum atomic E-state index is 11.2. The van der Waals surface area contributed by atoms with Gasteiger partial charge in [-0.1, -0.05) is 0 Å². The van der Waals surface area contributed by atoms with Crippen molar-refractivity contribution < 1.29 is 9.53 Å². The molecule has 1 rings (SSSR count). The first-order chi connectivity index (χ1) is 6.58. The molecular weight excluding hydrogens is 202 g/mol. The molecule has 0 spiro atoms. The fourth-order valence-electron chi connectivity index (χ4n) is 0.746. The van der Waals surface area contributed by atoms with Gasteiger partial charge >= 0.3 is 0 Å². The topological polar surface area (TPSA) is 64.1 Å². The molecule has 1 aromatic heterocycles. The first-order valence-corrected chi connectivity index (χ1v) is 5.07. The molecule has 78 valence electrons. The van der Waals surface area contributed by atoms with Gasteiger partial charge in [-0.25, -0.2) is 4.98 Å². The summed E-state index contributed by atoms with van der Waals surface area (Å²) < 4.78 is 9.07. The van der Waals surface area contributed by atoms with Gasteiger partial charge < -0.3 is 4.74 Å². The number of amides is 1. The Morgan fingerprint density at radius 2 is 2.36 bits per heavy atom. The molecule has 1 heterocycles. The number of ether oxygens (including phenoxy) is 1. The maximum Gasteiger partial charge on any atom is 0.252 e. The van der Waals surface area contributed by atoms with E-state index in [0.717, 1.165) is 11.5 Å². The molecule has 0 bridgehead atoms. The number of carbonyl (C=O) groups excluding carboxylic acids is 1. The summed E-state index contributed by atoms with van der Waals surface area (Å²) in [4.78, 5) is 15.2. The molecule has 0 fully saturated rings. The Morgan fingerprint density at radius 3 is 2.86 bits per heavy atom. The zero-order chi connectivity index (χ0) is 10.6. The van der Waals surface area contributed by atoms with Crippen LogP contribution in [0.25, 0.3) is 0 Å². The number of hydrogen-bond acceptors (Lipinski definition) is 5. The molecule has 0 unspecified atom stereocenters. The second-order valence-electron chi connectivity index (χ2n) is 3.05. The molecule has 0 saturated heterocycles. The Morgan fingerprint density at radius 1 is 1.64 bits per heavy atom. The Bertz CT molecular complexity index is 311. The van der Waals surface area contributed by atoms with E-state index >= 15 is 0 Å². The normalized spacial score (nSPS) is 10.6. The van der Waals surface area contributed by atoms with Gasteiger partial charge in [0, 0.05) is 11.5 Å². The average molecular weight is 215 g/mol. The maximum absolute atomic E-state index is 11.2. The van der Waals surface area contributed by atoms with Gasteiger partial charge in [0.05, 0.1) is 6.10 Å². The number of hydrogen-bond donors (Lipinski definition) is 1. The van der Waals surface area contributed by atoms with Crippen LogP contribution in [0.3, 0.4) is 0 Å². The minimum atomic E-state index is -0.199. The van der Waals surface area contributed by atoms with Crippen molar-refractivity contribution in [2.75, 3.05) is 11.9 Å². The van der Waals surface area contributed by atoms with E-state index in [1.165, 1.54) is 0 Å². The smallest absolute Gasteiger partial charge is 0.252 e. The van der Waals surface area contributed by atoms with Crippen molar-refractivity contribution >= 4 is 22.6 Å². The van der Waals surface area contributed by atoms with Crippen LogP contribution in [0.2, 0.25) is 0 Å². The van der Waals surface area contributed by atoms with Crippen molar-refractivity contribution in [1.82, 2.24) is 9.36 Å². The van der Waals surface area contributed by atoms with E-state index in [0.29, 0.717) is 11.0 Å². The third-order valence-electron chi connectivity index (χ3n) is 1.32. The first-order valence-electron chi connectivity index (χ1n) is 4.29. The predicted molar refractivity (Wildman–Crippen MR) is 54.4 cm³/mol. The van der Waals surface area contributed by atoms with E-state index in [1.807, 2.05) is 13.8 Å². The van der Waals surface area contributed by atoms with E-state index in [9.17, 15) is 4.79 Å². The molecule has 14 heavy (non-hydrogen) atoms. The van der Waals surface area contributed by atoms with E-state index < -0.39 is 0 Å². The van der Waals surface area contributed by atoms with Crippen molar-refractivity contribution in [3.8, 4) is 0 Å². The highest BCUT2D eigenvalue weighted by Gasteiger charge is 2.06. The fraction of sp³-hybridized carbons (Fsp3) is 0.625. The lowest BCUT2D eigenvalue weighted by molar-refractivity contribution is -0.121. The van der Waals surface area contributed by atoms with Gasteiger partial charge in [0.15, 0.2) is 0 Å². The number of nitrogens with zero attached hydrogens (tertiary/aromatic N) is 2. The van der Waals surface area contributed by atoms with Crippen LogP contribution in [0.1, 0.15) is 19.7 Å². The number of aromatic nitrogens is 2. The van der Waals surface area contributed by atoms with Crippen LogP contribution in [0, 0.1) is 6.92 Å². The van der Waals surface area contributed by atoms with Crippen LogP contribution in [-0.2, 0) is 9.53 Å². The molecular formula is C8H13N3O2S. The first kappa shape index (κ1) is 11.1. The quantitative estimate of drug-likeness (QED) is 0.820. The van der Waals surface area contributed by atoms with Crippen LogP contribution in [-0.4, -0.2) is 28.0 Å². The molecule has 0 saturated carbocycles. The number of rotatable bonds is 4. The molecule has 0 radical (unpaired) electrons. The Hall–Kier alpha value is -1.01. The average Bonchev–Trinajstić information content (AvgIpc) is 2.48. The molecule has 1 amide bonds. The second-order valence-corrected chi connectivity index (χ2v) is 3.81. The van der Waals surface area contributed by atoms with E-state index in [-0.39, 0.29) is 18.6 Å². The summed E-state index contributed by atoms with van der Waals surface area (Å²) >= 11 is 1.16. The van der Waals surface area contributed by atoms with Crippen LogP contribution in [0.15, 0.2) is 0 Å². The number of carbonyl (C=O) groups is 1. The van der Waals surface area contributed by atoms with Crippen molar-refractivity contribution in [2.45, 2.75) is 26.9 Å². The molecule has 1 N–H and O–H groups in total. The second kappa shape index (κ2) is 5.02. The van der Waals surface area contributed by atoms with Gasteiger partial charge in [0.1, 0.15) is 12.4 Å². The predicted octanol–water partition coefficient (Wildman–Crippen LogP) is 1.21. The lowest BCUT2D eigenvalue weighted by atomic mass is 10.5. The summed E-state index contributed by atoms with van der Waals surface area (Å²) in [5, 5.41) is 3.11. The Labute approximate surface area is 86.7 Å². The summed E-state index contributed by atoms with van der Waals surface area (Å²) in [5.74, 6) is 0.463. The zero-order valence-corrected chi connectivity index (χ0v) is 9.22. The van der Waals surface area contributed by atoms with Gasteiger partial charge in [-0.3, -0.25) is 10.1 Å². The summed E-state index contributed by atoms with van der Waals surface area (Å²) in [7, 11) is 0. The van der Waals surface area contributed by atoms with Crippen molar-refractivity contribution in [1.29, 1.82) is 0 Å². The molecule has 0 aromatic carbocycles. The molecule has 0 aliphatic heterocycles. The molecule has 0 aliphatic rings. The summed E-state index contributed by atoms with van der Waals surface area (Å²) in [6.07, 6.45) is 0.0527.